The topological polar surface area (TPSA) is 101 Å². The quantitative estimate of drug-likeness (QED) is 0.244. The van der Waals surface area contributed by atoms with Gasteiger partial charge in [-0.15, -0.1) is 11.8 Å². The Bertz CT molecular complexity index is 1270. The molecule has 0 atom stereocenters. The Labute approximate surface area is 211 Å². The van der Waals surface area contributed by atoms with E-state index in [4.69, 9.17) is 0 Å². The lowest BCUT2D eigenvalue weighted by Crippen LogP contribution is -2.33. The zero-order valence-electron chi connectivity index (χ0n) is 19.0. The molecule has 1 heterocycles. The molecule has 3 rings (SSSR count). The van der Waals surface area contributed by atoms with Crippen LogP contribution in [0.25, 0.3) is 10.8 Å². The number of sulfone groups is 1. The number of rotatable bonds is 10. The summed E-state index contributed by atoms with van der Waals surface area (Å²) in [6.07, 6.45) is 0.204. The Hall–Kier alpha value is -2.37. The van der Waals surface area contributed by atoms with E-state index >= 15 is 0 Å². The van der Waals surface area contributed by atoms with Crippen LogP contribution in [-0.4, -0.2) is 70.4 Å². The Morgan fingerprint density at radius 2 is 1.76 bits per heavy atom. The van der Waals surface area contributed by atoms with Gasteiger partial charge in [-0.1, -0.05) is 24.3 Å². The zero-order valence-corrected chi connectivity index (χ0v) is 22.3. The van der Waals surface area contributed by atoms with Crippen LogP contribution in [0, 0.1) is 0 Å². The maximum absolute atomic E-state index is 13.1. The van der Waals surface area contributed by atoms with Crippen molar-refractivity contribution in [1.29, 1.82) is 0 Å². The van der Waals surface area contributed by atoms with Crippen molar-refractivity contribution in [3.8, 4) is 0 Å². The molecule has 1 aliphatic heterocycles. The molecule has 8 nitrogen and oxygen atoms in total. The largest absolute Gasteiger partial charge is 0.469 e. The molecule has 34 heavy (non-hydrogen) atoms. The number of fused-ring (bicyclic) bond motifs is 1. The molecule has 0 aliphatic carbocycles. The third-order valence-corrected chi connectivity index (χ3v) is 9.33. The van der Waals surface area contributed by atoms with Crippen LogP contribution >= 0.6 is 27.7 Å². The van der Waals surface area contributed by atoms with Crippen LogP contribution in [0.1, 0.15) is 12.8 Å². The van der Waals surface area contributed by atoms with Crippen molar-refractivity contribution in [3.63, 3.8) is 0 Å². The highest BCUT2D eigenvalue weighted by molar-refractivity contribution is 9.12. The van der Waals surface area contributed by atoms with E-state index in [-0.39, 0.29) is 33.0 Å². The number of anilines is 1. The molecule has 2 aromatic carbocycles. The number of amides is 2. The summed E-state index contributed by atoms with van der Waals surface area (Å²) in [5.74, 6) is -1.30. The summed E-state index contributed by atoms with van der Waals surface area (Å²) < 4.78 is 30.9. The first-order valence-electron chi connectivity index (χ1n) is 10.5. The second-order valence-electron chi connectivity index (χ2n) is 7.77. The highest BCUT2D eigenvalue weighted by Crippen LogP contribution is 2.34. The zero-order chi connectivity index (χ0) is 25.0. The summed E-state index contributed by atoms with van der Waals surface area (Å²) in [7, 11) is 1.48. The van der Waals surface area contributed by atoms with Crippen LogP contribution in [-0.2, 0) is 29.0 Å². The number of hydrogen-bond donors (Lipinski definition) is 0. The SMILES string of the molecule is COC(=O)CCN1C(=O)C(Br)=C(SCCCS(=O)(=O)c2cccc3c(N(C)C)cccc23)C1=O. The molecule has 2 amide bonds. The highest BCUT2D eigenvalue weighted by atomic mass is 79.9. The maximum Gasteiger partial charge on any atom is 0.307 e. The van der Waals surface area contributed by atoms with E-state index in [1.165, 1.54) is 7.11 Å². The number of carbonyl (C=O) groups is 3. The number of nitrogens with zero attached hydrogens (tertiary/aromatic N) is 2. The molecule has 2 aromatic rings. The molecule has 0 radical (unpaired) electrons. The van der Waals surface area contributed by atoms with E-state index in [0.29, 0.717) is 17.6 Å². The molecule has 0 N–H and O–H groups in total. The monoisotopic (exact) mass is 568 g/mol. The molecule has 0 fully saturated rings. The van der Waals surface area contributed by atoms with Gasteiger partial charge in [0.2, 0.25) is 0 Å². The van der Waals surface area contributed by atoms with Crippen molar-refractivity contribution in [2.75, 3.05) is 44.2 Å². The smallest absolute Gasteiger partial charge is 0.307 e. The highest BCUT2D eigenvalue weighted by Gasteiger charge is 2.37. The van der Waals surface area contributed by atoms with E-state index in [2.05, 4.69) is 20.7 Å². The molecule has 0 unspecified atom stereocenters. The number of halogens is 1. The molecule has 1 aliphatic rings. The minimum atomic E-state index is -3.57. The molecule has 0 bridgehead atoms. The number of ether oxygens (including phenoxy) is 1. The van der Waals surface area contributed by atoms with Gasteiger partial charge in [-0.25, -0.2) is 8.42 Å². The molecular formula is C23H25BrN2O6S2. The number of imide groups is 1. The lowest BCUT2D eigenvalue weighted by Gasteiger charge is -2.17. The van der Waals surface area contributed by atoms with Gasteiger partial charge in [0.15, 0.2) is 9.84 Å². The summed E-state index contributed by atoms with van der Waals surface area (Å²) in [4.78, 5) is 39.7. The van der Waals surface area contributed by atoms with Crippen LogP contribution in [0.5, 0.6) is 0 Å². The van der Waals surface area contributed by atoms with Crippen molar-refractivity contribution in [1.82, 2.24) is 4.90 Å². The third kappa shape index (κ3) is 5.47. The first kappa shape index (κ1) is 26.2. The first-order valence-corrected chi connectivity index (χ1v) is 13.9. The lowest BCUT2D eigenvalue weighted by atomic mass is 10.1. The van der Waals surface area contributed by atoms with E-state index in [1.807, 2.05) is 37.2 Å². The van der Waals surface area contributed by atoms with E-state index in [0.717, 1.165) is 27.7 Å². The Morgan fingerprint density at radius 3 is 2.44 bits per heavy atom. The number of esters is 1. The second-order valence-corrected chi connectivity index (χ2v) is 11.8. The van der Waals surface area contributed by atoms with Crippen molar-refractivity contribution >= 4 is 71.8 Å². The molecule has 0 spiro atoms. The summed E-state index contributed by atoms with van der Waals surface area (Å²) in [5.41, 5.74) is 0.933. The van der Waals surface area contributed by atoms with Gasteiger partial charge in [0.25, 0.3) is 11.8 Å². The first-order chi connectivity index (χ1) is 16.1. The fourth-order valence-corrected chi connectivity index (χ4v) is 7.01. The fraction of sp³-hybridized carbons (Fsp3) is 0.348. The van der Waals surface area contributed by atoms with E-state index in [1.54, 1.807) is 18.2 Å². The van der Waals surface area contributed by atoms with Gasteiger partial charge in [0.1, 0.15) is 4.48 Å². The molecule has 182 valence electrons. The average Bonchev–Trinajstić information content (AvgIpc) is 3.01. The Kier molecular flexibility index (Phi) is 8.43. The van der Waals surface area contributed by atoms with Gasteiger partial charge in [-0.3, -0.25) is 19.3 Å². The lowest BCUT2D eigenvalue weighted by molar-refractivity contribution is -0.142. The normalized spacial score (nSPS) is 14.3. The predicted molar refractivity (Wildman–Crippen MR) is 137 cm³/mol. The van der Waals surface area contributed by atoms with Crippen molar-refractivity contribution < 1.29 is 27.5 Å². The van der Waals surface area contributed by atoms with E-state index in [9.17, 15) is 22.8 Å². The average molecular weight is 569 g/mol. The number of hydrogen-bond acceptors (Lipinski definition) is 8. The molecule has 0 saturated heterocycles. The third-order valence-electron chi connectivity index (χ3n) is 5.32. The molecule has 11 heteroatoms. The predicted octanol–water partition coefficient (Wildman–Crippen LogP) is 3.34. The minimum absolute atomic E-state index is 0.0755. The summed E-state index contributed by atoms with van der Waals surface area (Å²) in [6, 6.07) is 10.8. The van der Waals surface area contributed by atoms with Crippen LogP contribution in [0.4, 0.5) is 5.69 Å². The Balaban J connectivity index is 1.66. The van der Waals surface area contributed by atoms with Crippen molar-refractivity contribution in [2.24, 2.45) is 0 Å². The molecular weight excluding hydrogens is 544 g/mol. The molecule has 0 saturated carbocycles. The summed E-state index contributed by atoms with van der Waals surface area (Å²) >= 11 is 4.28. The van der Waals surface area contributed by atoms with Gasteiger partial charge in [-0.2, -0.15) is 0 Å². The van der Waals surface area contributed by atoms with Crippen LogP contribution in [0.15, 0.2) is 50.7 Å². The molecule has 0 aromatic heterocycles. The minimum Gasteiger partial charge on any atom is -0.469 e. The van der Waals surface area contributed by atoms with Gasteiger partial charge >= 0.3 is 5.97 Å². The Morgan fingerprint density at radius 1 is 1.09 bits per heavy atom. The maximum atomic E-state index is 13.1. The number of benzene rings is 2. The van der Waals surface area contributed by atoms with E-state index < -0.39 is 27.6 Å². The number of carbonyl (C=O) groups excluding carboxylic acids is 3. The number of thioether (sulfide) groups is 1. The number of methoxy groups -OCH3 is 1. The van der Waals surface area contributed by atoms with Crippen LogP contribution in [0.3, 0.4) is 0 Å². The summed E-state index contributed by atoms with van der Waals surface area (Å²) in [5, 5.41) is 1.53. The van der Waals surface area contributed by atoms with Crippen LogP contribution in [0.2, 0.25) is 0 Å². The van der Waals surface area contributed by atoms with Crippen molar-refractivity contribution in [2.45, 2.75) is 17.7 Å². The van der Waals surface area contributed by atoms with Gasteiger partial charge in [0, 0.05) is 37.1 Å². The van der Waals surface area contributed by atoms with Gasteiger partial charge < -0.3 is 9.64 Å². The summed E-state index contributed by atoms with van der Waals surface area (Å²) in [6.45, 7) is -0.0755. The van der Waals surface area contributed by atoms with Gasteiger partial charge in [-0.05, 0) is 40.2 Å². The second kappa shape index (κ2) is 10.9. The standard InChI is InChI=1S/C23H25BrN2O6S2/c1-25(2)17-9-4-8-16-15(17)7-5-10-18(16)34(30,31)14-6-13-33-21-20(24)22(28)26(23(21)29)12-11-19(27)32-3/h4-5,7-10H,6,11-14H2,1-3H3. The van der Waals surface area contributed by atoms with Crippen molar-refractivity contribution in [3.05, 3.63) is 45.8 Å². The van der Waals surface area contributed by atoms with Crippen LogP contribution < -0.4 is 4.90 Å². The fourth-order valence-electron chi connectivity index (χ4n) is 3.62. The van der Waals surface area contributed by atoms with Gasteiger partial charge in [0.05, 0.1) is 29.1 Å².